The maximum absolute atomic E-state index is 4.16. The van der Waals surface area contributed by atoms with E-state index in [1.165, 1.54) is 31.5 Å². The number of nitrogens with zero attached hydrogens (tertiary/aromatic N) is 2. The van der Waals surface area contributed by atoms with Crippen LogP contribution < -0.4 is 10.6 Å². The average molecular weight is 220 g/mol. The van der Waals surface area contributed by atoms with Crippen molar-refractivity contribution in [2.45, 2.75) is 25.8 Å². The Kier molecular flexibility index (Phi) is 2.52. The zero-order valence-corrected chi connectivity index (χ0v) is 9.61. The van der Waals surface area contributed by atoms with Crippen molar-refractivity contribution in [3.63, 3.8) is 0 Å². The Labute approximate surface area is 97.3 Å². The highest BCUT2D eigenvalue weighted by Gasteiger charge is 2.37. The Balaban J connectivity index is 0.00000108. The zero-order chi connectivity index (χ0) is 11.0. The molecule has 16 heavy (non-hydrogen) atoms. The molecule has 3 rings (SSSR count). The Morgan fingerprint density at radius 1 is 1.38 bits per heavy atom. The van der Waals surface area contributed by atoms with E-state index in [-0.39, 0.29) is 1.43 Å². The summed E-state index contributed by atoms with van der Waals surface area (Å²) in [5.74, 6) is 2.70. The molecule has 2 N–H and O–H groups in total. The van der Waals surface area contributed by atoms with Gasteiger partial charge in [0.2, 0.25) is 0 Å². The van der Waals surface area contributed by atoms with Crippen LogP contribution in [-0.2, 0) is 0 Å². The molecule has 0 spiro atoms. The molecule has 88 valence electrons. The van der Waals surface area contributed by atoms with Gasteiger partial charge in [-0.1, -0.05) is 0 Å². The summed E-state index contributed by atoms with van der Waals surface area (Å²) in [6, 6.07) is 2.60. The minimum atomic E-state index is 0. The number of aromatic nitrogens is 2. The third-order valence-electron chi connectivity index (χ3n) is 3.92. The molecule has 4 nitrogen and oxygen atoms in total. The molecule has 1 saturated heterocycles. The van der Waals surface area contributed by atoms with Gasteiger partial charge in [0.1, 0.15) is 0 Å². The molecule has 2 aliphatic rings. The molecule has 0 aromatic carbocycles. The second kappa shape index (κ2) is 4.01. The van der Waals surface area contributed by atoms with Crippen molar-refractivity contribution in [2.75, 3.05) is 18.4 Å². The van der Waals surface area contributed by atoms with Gasteiger partial charge < -0.3 is 10.6 Å². The van der Waals surface area contributed by atoms with Gasteiger partial charge >= 0.3 is 0 Å². The number of nitrogens with one attached hydrogen (secondary N) is 2. The van der Waals surface area contributed by atoms with Crippen molar-refractivity contribution in [1.29, 1.82) is 0 Å². The molecular formula is C12H20N4. The number of aryl methyl sites for hydroxylation is 1. The van der Waals surface area contributed by atoms with Crippen LogP contribution in [-0.4, -0.2) is 29.3 Å². The molecule has 0 bridgehead atoms. The van der Waals surface area contributed by atoms with Crippen molar-refractivity contribution in [1.82, 2.24) is 15.5 Å². The fourth-order valence-electron chi connectivity index (χ4n) is 3.01. The lowest BCUT2D eigenvalue weighted by Crippen LogP contribution is -2.21. The summed E-state index contributed by atoms with van der Waals surface area (Å²) in [7, 11) is 0. The Bertz CT molecular complexity index is 373. The van der Waals surface area contributed by atoms with E-state index in [0.717, 1.165) is 17.7 Å². The van der Waals surface area contributed by atoms with Crippen molar-refractivity contribution < 1.29 is 1.43 Å². The van der Waals surface area contributed by atoms with Gasteiger partial charge in [-0.2, -0.15) is 5.10 Å². The lowest BCUT2D eigenvalue weighted by molar-refractivity contribution is 0.494. The molecule has 1 aromatic heterocycles. The van der Waals surface area contributed by atoms with Crippen molar-refractivity contribution in [3.05, 3.63) is 17.8 Å². The quantitative estimate of drug-likeness (QED) is 0.792. The van der Waals surface area contributed by atoms with Gasteiger partial charge in [-0.3, -0.25) is 0 Å². The first-order valence-electron chi connectivity index (χ1n) is 6.08. The van der Waals surface area contributed by atoms with Crippen LogP contribution in [0.3, 0.4) is 0 Å². The van der Waals surface area contributed by atoms with Crippen LogP contribution in [0.4, 0.5) is 5.82 Å². The van der Waals surface area contributed by atoms with Crippen LogP contribution in [0.25, 0.3) is 0 Å². The van der Waals surface area contributed by atoms with Crippen LogP contribution in [0, 0.1) is 18.8 Å². The highest BCUT2D eigenvalue weighted by atomic mass is 15.2. The van der Waals surface area contributed by atoms with E-state index >= 15 is 0 Å². The summed E-state index contributed by atoms with van der Waals surface area (Å²) >= 11 is 0. The fourth-order valence-corrected chi connectivity index (χ4v) is 3.01. The highest BCUT2D eigenvalue weighted by molar-refractivity contribution is 5.42. The van der Waals surface area contributed by atoms with Gasteiger partial charge in [0.15, 0.2) is 5.82 Å². The molecule has 0 amide bonds. The van der Waals surface area contributed by atoms with E-state index in [4.69, 9.17) is 0 Å². The molecule has 1 unspecified atom stereocenters. The molecule has 2 heterocycles. The van der Waals surface area contributed by atoms with Crippen LogP contribution in [0.15, 0.2) is 12.3 Å². The summed E-state index contributed by atoms with van der Waals surface area (Å²) in [5, 5.41) is 15.1. The predicted octanol–water partition coefficient (Wildman–Crippen LogP) is 1.44. The largest absolute Gasteiger partial charge is 0.366 e. The minimum Gasteiger partial charge on any atom is -0.366 e. The first-order chi connectivity index (χ1) is 7.83. The first-order valence-corrected chi connectivity index (χ1v) is 6.08. The first kappa shape index (κ1) is 10.0. The van der Waals surface area contributed by atoms with Gasteiger partial charge in [-0.05, 0) is 56.3 Å². The lowest BCUT2D eigenvalue weighted by Gasteiger charge is -2.15. The summed E-state index contributed by atoms with van der Waals surface area (Å²) in [6.07, 6.45) is 4.29. The standard InChI is InChI=1S/C12H18N4.H2/c1-8-2-3-14-16-12(8)15-11-4-9-6-13-7-10(9)5-11;/h2-3,9-11,13H,4-7H2,1H3,(H,15,16);1H/t9-,10+,11?;. The van der Waals surface area contributed by atoms with Gasteiger partial charge in [0.05, 0.1) is 6.20 Å². The molecule has 2 fully saturated rings. The van der Waals surface area contributed by atoms with E-state index in [0.29, 0.717) is 6.04 Å². The van der Waals surface area contributed by atoms with Crippen molar-refractivity contribution >= 4 is 5.82 Å². The Hall–Kier alpha value is -1.16. The monoisotopic (exact) mass is 220 g/mol. The van der Waals surface area contributed by atoms with E-state index in [2.05, 4.69) is 27.8 Å². The van der Waals surface area contributed by atoms with Crippen LogP contribution in [0.5, 0.6) is 0 Å². The number of anilines is 1. The third-order valence-corrected chi connectivity index (χ3v) is 3.92. The summed E-state index contributed by atoms with van der Waals surface area (Å²) < 4.78 is 0. The molecule has 1 aliphatic carbocycles. The highest BCUT2D eigenvalue weighted by Crippen LogP contribution is 2.35. The van der Waals surface area contributed by atoms with E-state index in [9.17, 15) is 0 Å². The maximum atomic E-state index is 4.16. The summed E-state index contributed by atoms with van der Waals surface area (Å²) in [5.41, 5.74) is 1.19. The van der Waals surface area contributed by atoms with Crippen molar-refractivity contribution in [3.8, 4) is 0 Å². The maximum Gasteiger partial charge on any atom is 0.151 e. The normalized spacial score (nSPS) is 32.7. The van der Waals surface area contributed by atoms with Gasteiger partial charge in [0.25, 0.3) is 0 Å². The number of hydrogen-bond acceptors (Lipinski definition) is 4. The topological polar surface area (TPSA) is 49.8 Å². The number of fused-ring (bicyclic) bond motifs is 1. The van der Waals surface area contributed by atoms with Gasteiger partial charge in [-0.25, -0.2) is 0 Å². The zero-order valence-electron chi connectivity index (χ0n) is 9.61. The second-order valence-electron chi connectivity index (χ2n) is 5.05. The van der Waals surface area contributed by atoms with Crippen LogP contribution in [0.1, 0.15) is 19.8 Å². The van der Waals surface area contributed by atoms with Gasteiger partial charge in [0, 0.05) is 7.47 Å². The van der Waals surface area contributed by atoms with E-state index < -0.39 is 0 Å². The van der Waals surface area contributed by atoms with Gasteiger partial charge in [-0.15, -0.1) is 5.10 Å². The average Bonchev–Trinajstić information content (AvgIpc) is 2.81. The smallest absolute Gasteiger partial charge is 0.151 e. The molecule has 3 atom stereocenters. The number of rotatable bonds is 2. The lowest BCUT2D eigenvalue weighted by atomic mass is 10.0. The molecular weight excluding hydrogens is 200 g/mol. The van der Waals surface area contributed by atoms with Crippen LogP contribution in [0.2, 0.25) is 0 Å². The third kappa shape index (κ3) is 1.78. The molecule has 0 radical (unpaired) electrons. The molecule has 1 aliphatic heterocycles. The fraction of sp³-hybridized carbons (Fsp3) is 0.667. The number of hydrogen-bond donors (Lipinski definition) is 2. The predicted molar refractivity (Wildman–Crippen MR) is 65.4 cm³/mol. The van der Waals surface area contributed by atoms with E-state index in [1.807, 2.05) is 6.07 Å². The summed E-state index contributed by atoms with van der Waals surface area (Å²) in [4.78, 5) is 0. The second-order valence-corrected chi connectivity index (χ2v) is 5.05. The minimum absolute atomic E-state index is 0. The SMILES string of the molecule is Cc1ccnnc1NC1C[C@H]2CNC[C@H]2C1.[HH]. The Morgan fingerprint density at radius 3 is 2.81 bits per heavy atom. The Morgan fingerprint density at radius 2 is 2.12 bits per heavy atom. The molecule has 1 saturated carbocycles. The molecule has 1 aromatic rings. The van der Waals surface area contributed by atoms with E-state index in [1.54, 1.807) is 6.20 Å². The van der Waals surface area contributed by atoms with Crippen molar-refractivity contribution in [2.24, 2.45) is 11.8 Å². The molecule has 4 heteroatoms. The van der Waals surface area contributed by atoms with Crippen LogP contribution >= 0.6 is 0 Å². The summed E-state index contributed by atoms with van der Waals surface area (Å²) in [6.45, 7) is 4.47.